The summed E-state index contributed by atoms with van der Waals surface area (Å²) in [7, 11) is 0. The zero-order valence-electron chi connectivity index (χ0n) is 6.67. The van der Waals surface area contributed by atoms with Crippen LogP contribution in [0.1, 0.15) is 19.8 Å². The molecule has 0 aromatic rings. The molecule has 1 heterocycles. The van der Waals surface area contributed by atoms with Crippen molar-refractivity contribution in [3.63, 3.8) is 0 Å². The van der Waals surface area contributed by atoms with Crippen LogP contribution in [0.15, 0.2) is 23.8 Å². The fourth-order valence-electron chi connectivity index (χ4n) is 0.993. The first-order valence-corrected chi connectivity index (χ1v) is 3.80. The Kier molecular flexibility index (Phi) is 2.90. The van der Waals surface area contributed by atoms with Crippen molar-refractivity contribution >= 4 is 5.97 Å². The average molecular weight is 152 g/mol. The van der Waals surface area contributed by atoms with Gasteiger partial charge in [-0.15, -0.1) is 0 Å². The Morgan fingerprint density at radius 1 is 1.73 bits per heavy atom. The van der Waals surface area contributed by atoms with Gasteiger partial charge < -0.3 is 4.74 Å². The van der Waals surface area contributed by atoms with Gasteiger partial charge in [0.25, 0.3) is 0 Å². The van der Waals surface area contributed by atoms with E-state index in [0.717, 1.165) is 12.8 Å². The molecule has 1 aliphatic heterocycles. The maximum atomic E-state index is 10.7. The molecule has 2 nitrogen and oxygen atoms in total. The Morgan fingerprint density at radius 3 is 3.18 bits per heavy atom. The Hall–Kier alpha value is -1.05. The maximum absolute atomic E-state index is 10.7. The molecule has 0 bridgehead atoms. The first-order chi connectivity index (χ1) is 5.33. The van der Waals surface area contributed by atoms with Crippen molar-refractivity contribution in [2.45, 2.75) is 19.8 Å². The Morgan fingerprint density at radius 2 is 2.55 bits per heavy atom. The highest BCUT2D eigenvalue weighted by Crippen LogP contribution is 2.12. The lowest BCUT2D eigenvalue weighted by Gasteiger charge is -2.10. The predicted octanol–water partition coefficient (Wildman–Crippen LogP) is 1.83. The zero-order chi connectivity index (χ0) is 8.10. The van der Waals surface area contributed by atoms with Gasteiger partial charge >= 0.3 is 5.97 Å². The molecule has 0 saturated heterocycles. The van der Waals surface area contributed by atoms with Crippen molar-refractivity contribution < 1.29 is 9.53 Å². The number of rotatable bonds is 2. The van der Waals surface area contributed by atoms with Gasteiger partial charge in [-0.05, 0) is 13.3 Å². The lowest BCUT2D eigenvalue weighted by atomic mass is 10.1. The molecule has 60 valence electrons. The van der Waals surface area contributed by atoms with Crippen LogP contribution < -0.4 is 0 Å². The number of esters is 1. The van der Waals surface area contributed by atoms with E-state index in [1.807, 2.05) is 19.1 Å². The molecular weight excluding hydrogens is 140 g/mol. The minimum absolute atomic E-state index is 0.198. The Bertz CT molecular complexity index is 202. The van der Waals surface area contributed by atoms with E-state index < -0.39 is 0 Å². The standard InChI is InChI=1S/C9H12O2/c1-2-3-4-8-5-6-11-9(10)7-8/h2-3,7H,4-6H2,1H3/b3-2-. The molecule has 0 N–H and O–H groups in total. The summed E-state index contributed by atoms with van der Waals surface area (Å²) in [6.07, 6.45) is 7.39. The van der Waals surface area contributed by atoms with Crippen LogP contribution in [0.3, 0.4) is 0 Å². The van der Waals surface area contributed by atoms with E-state index in [1.165, 1.54) is 5.57 Å². The maximum Gasteiger partial charge on any atom is 0.330 e. The molecule has 0 atom stereocenters. The molecule has 0 fully saturated rings. The fourth-order valence-corrected chi connectivity index (χ4v) is 0.993. The fraction of sp³-hybridized carbons (Fsp3) is 0.444. The summed E-state index contributed by atoms with van der Waals surface area (Å²) in [5, 5.41) is 0. The lowest BCUT2D eigenvalue weighted by Crippen LogP contribution is -2.10. The molecule has 0 unspecified atom stereocenters. The first-order valence-electron chi connectivity index (χ1n) is 3.80. The van der Waals surface area contributed by atoms with Gasteiger partial charge in [0.05, 0.1) is 6.61 Å². The van der Waals surface area contributed by atoms with Crippen molar-refractivity contribution in [3.8, 4) is 0 Å². The van der Waals surface area contributed by atoms with E-state index >= 15 is 0 Å². The monoisotopic (exact) mass is 152 g/mol. The van der Waals surface area contributed by atoms with E-state index in [2.05, 4.69) is 0 Å². The molecule has 0 saturated carbocycles. The topological polar surface area (TPSA) is 26.3 Å². The van der Waals surface area contributed by atoms with E-state index in [1.54, 1.807) is 6.08 Å². The van der Waals surface area contributed by atoms with Crippen LogP contribution >= 0.6 is 0 Å². The minimum Gasteiger partial charge on any atom is -0.462 e. The third kappa shape index (κ3) is 2.58. The first kappa shape index (κ1) is 8.05. The van der Waals surface area contributed by atoms with Crippen LogP contribution in [0, 0.1) is 0 Å². The van der Waals surface area contributed by atoms with E-state index in [0.29, 0.717) is 6.61 Å². The molecular formula is C9H12O2. The third-order valence-electron chi connectivity index (χ3n) is 1.61. The molecule has 0 aliphatic carbocycles. The SMILES string of the molecule is C/C=C\CC1=CC(=O)OCC1. The Labute approximate surface area is 66.5 Å². The Balaban J connectivity index is 2.49. The van der Waals surface area contributed by atoms with E-state index in [4.69, 9.17) is 4.74 Å². The summed E-state index contributed by atoms with van der Waals surface area (Å²) in [6, 6.07) is 0. The van der Waals surface area contributed by atoms with Gasteiger partial charge in [0.2, 0.25) is 0 Å². The van der Waals surface area contributed by atoms with Crippen molar-refractivity contribution in [2.75, 3.05) is 6.61 Å². The highest BCUT2D eigenvalue weighted by atomic mass is 16.5. The second kappa shape index (κ2) is 3.96. The van der Waals surface area contributed by atoms with Gasteiger partial charge in [0, 0.05) is 12.5 Å². The van der Waals surface area contributed by atoms with Crippen LogP contribution in [0.5, 0.6) is 0 Å². The smallest absolute Gasteiger partial charge is 0.330 e. The molecule has 2 heteroatoms. The average Bonchev–Trinajstić information content (AvgIpc) is 2.01. The molecule has 0 amide bonds. The number of carbonyl (C=O) groups is 1. The summed E-state index contributed by atoms with van der Waals surface area (Å²) in [4.78, 5) is 10.7. The quantitative estimate of drug-likeness (QED) is 0.445. The second-order valence-electron chi connectivity index (χ2n) is 2.49. The number of allylic oxidation sites excluding steroid dienone is 2. The normalized spacial score (nSPS) is 18.3. The van der Waals surface area contributed by atoms with Crippen molar-refractivity contribution in [1.29, 1.82) is 0 Å². The van der Waals surface area contributed by atoms with E-state index in [9.17, 15) is 4.79 Å². The van der Waals surface area contributed by atoms with Gasteiger partial charge in [-0.1, -0.05) is 17.7 Å². The molecule has 0 radical (unpaired) electrons. The number of hydrogen-bond donors (Lipinski definition) is 0. The number of carbonyl (C=O) groups excluding carboxylic acids is 1. The molecule has 11 heavy (non-hydrogen) atoms. The second-order valence-corrected chi connectivity index (χ2v) is 2.49. The minimum atomic E-state index is -0.198. The van der Waals surface area contributed by atoms with Crippen LogP contribution in [0.25, 0.3) is 0 Å². The molecule has 1 aliphatic rings. The summed E-state index contributed by atoms with van der Waals surface area (Å²) in [5.41, 5.74) is 1.17. The molecule has 0 aromatic carbocycles. The molecule has 0 spiro atoms. The van der Waals surface area contributed by atoms with Gasteiger partial charge in [-0.25, -0.2) is 4.79 Å². The highest BCUT2D eigenvalue weighted by molar-refractivity contribution is 5.83. The van der Waals surface area contributed by atoms with Crippen LogP contribution in [-0.2, 0) is 9.53 Å². The van der Waals surface area contributed by atoms with Crippen molar-refractivity contribution in [1.82, 2.24) is 0 Å². The molecule has 1 rings (SSSR count). The third-order valence-corrected chi connectivity index (χ3v) is 1.61. The van der Waals surface area contributed by atoms with Crippen LogP contribution in [-0.4, -0.2) is 12.6 Å². The number of hydrogen-bond acceptors (Lipinski definition) is 2. The van der Waals surface area contributed by atoms with Crippen molar-refractivity contribution in [2.24, 2.45) is 0 Å². The summed E-state index contributed by atoms with van der Waals surface area (Å²) in [6.45, 7) is 2.52. The molecule has 0 aromatic heterocycles. The van der Waals surface area contributed by atoms with E-state index in [-0.39, 0.29) is 5.97 Å². The summed E-state index contributed by atoms with van der Waals surface area (Å²) < 4.78 is 4.75. The zero-order valence-corrected chi connectivity index (χ0v) is 6.67. The number of ether oxygens (including phenoxy) is 1. The van der Waals surface area contributed by atoms with Crippen LogP contribution in [0.2, 0.25) is 0 Å². The van der Waals surface area contributed by atoms with Gasteiger partial charge in [-0.3, -0.25) is 0 Å². The highest BCUT2D eigenvalue weighted by Gasteiger charge is 2.08. The predicted molar refractivity (Wildman–Crippen MR) is 43.1 cm³/mol. The lowest BCUT2D eigenvalue weighted by molar-refractivity contribution is -0.138. The van der Waals surface area contributed by atoms with Crippen LogP contribution in [0.4, 0.5) is 0 Å². The van der Waals surface area contributed by atoms with Crippen molar-refractivity contribution in [3.05, 3.63) is 23.8 Å². The largest absolute Gasteiger partial charge is 0.462 e. The summed E-state index contributed by atoms with van der Waals surface area (Å²) in [5.74, 6) is -0.198. The van der Waals surface area contributed by atoms with Gasteiger partial charge in [-0.2, -0.15) is 0 Å². The summed E-state index contributed by atoms with van der Waals surface area (Å²) >= 11 is 0. The van der Waals surface area contributed by atoms with Gasteiger partial charge in [0.15, 0.2) is 0 Å². The van der Waals surface area contributed by atoms with Gasteiger partial charge in [0.1, 0.15) is 0 Å². The number of cyclic esters (lactones) is 1.